The minimum Gasteiger partial charge on any atom is -0.457 e. The van der Waals surface area contributed by atoms with Crippen LogP contribution in [0.3, 0.4) is 0 Å². The predicted molar refractivity (Wildman–Crippen MR) is 167 cm³/mol. The molecule has 1 atom stereocenters. The lowest BCUT2D eigenvalue weighted by Crippen LogP contribution is -2.30. The molecule has 0 radical (unpaired) electrons. The summed E-state index contributed by atoms with van der Waals surface area (Å²) < 4.78 is 5.95. The smallest absolute Gasteiger partial charge is 0.272 e. The molecule has 2 heterocycles. The molecule has 5 aromatic rings. The molecule has 210 valence electrons. The number of nitrogens with one attached hydrogen (secondary N) is 3. The molecule has 2 aromatic heterocycles. The molecule has 0 saturated carbocycles. The van der Waals surface area contributed by atoms with Gasteiger partial charge in [0.1, 0.15) is 17.2 Å². The number of hydrogen-bond acceptors (Lipinski definition) is 7. The molecule has 0 aliphatic carbocycles. The van der Waals surface area contributed by atoms with E-state index < -0.39 is 11.8 Å². The number of thiazole rings is 1. The first-order chi connectivity index (χ1) is 20.4. The van der Waals surface area contributed by atoms with Gasteiger partial charge in [-0.15, -0.1) is 23.1 Å². The van der Waals surface area contributed by atoms with E-state index in [0.29, 0.717) is 27.9 Å². The Morgan fingerprint density at radius 3 is 2.29 bits per heavy atom. The van der Waals surface area contributed by atoms with Gasteiger partial charge in [0.25, 0.3) is 11.8 Å². The maximum atomic E-state index is 13.4. The van der Waals surface area contributed by atoms with E-state index in [1.54, 1.807) is 54.0 Å². The van der Waals surface area contributed by atoms with E-state index in [-0.39, 0.29) is 16.9 Å². The number of benzene rings is 3. The number of amides is 3. The Balaban J connectivity index is 1.29. The molecule has 0 bridgehead atoms. The highest BCUT2D eigenvalue weighted by Gasteiger charge is 2.18. The zero-order valence-electron chi connectivity index (χ0n) is 22.4. The number of thioether (sulfide) groups is 1. The van der Waals surface area contributed by atoms with Crippen molar-refractivity contribution in [3.05, 3.63) is 126 Å². The van der Waals surface area contributed by atoms with Crippen molar-refractivity contribution in [2.75, 3.05) is 10.6 Å². The first-order valence-electron chi connectivity index (χ1n) is 13.0. The summed E-state index contributed by atoms with van der Waals surface area (Å²) in [7, 11) is 0. The Kier molecular flexibility index (Phi) is 9.27. The lowest BCUT2D eigenvalue weighted by Gasteiger charge is -2.13. The van der Waals surface area contributed by atoms with Crippen LogP contribution >= 0.6 is 23.1 Å². The third-order valence-electron chi connectivity index (χ3n) is 5.96. The van der Waals surface area contributed by atoms with Crippen LogP contribution in [0.15, 0.2) is 124 Å². The molecule has 0 aliphatic heterocycles. The number of anilines is 2. The molecule has 0 fully saturated rings. The number of rotatable bonds is 10. The van der Waals surface area contributed by atoms with Crippen LogP contribution in [0, 0.1) is 0 Å². The number of nitrogens with zero attached hydrogens (tertiary/aromatic N) is 1. The van der Waals surface area contributed by atoms with Crippen LogP contribution in [0.25, 0.3) is 17.4 Å². The van der Waals surface area contributed by atoms with E-state index in [1.807, 2.05) is 61.5 Å². The molecule has 8 nitrogen and oxygen atoms in total. The van der Waals surface area contributed by atoms with Crippen molar-refractivity contribution < 1.29 is 18.8 Å². The van der Waals surface area contributed by atoms with Crippen LogP contribution in [-0.2, 0) is 9.59 Å². The second-order valence-corrected chi connectivity index (χ2v) is 11.3. The third kappa shape index (κ3) is 7.62. The summed E-state index contributed by atoms with van der Waals surface area (Å²) in [6.07, 6.45) is 3.13. The second kappa shape index (κ2) is 13.6. The van der Waals surface area contributed by atoms with Gasteiger partial charge in [0.05, 0.1) is 5.25 Å². The lowest BCUT2D eigenvalue weighted by molar-refractivity contribution is -0.115. The normalized spacial score (nSPS) is 11.9. The fourth-order valence-electron chi connectivity index (χ4n) is 3.84. The van der Waals surface area contributed by atoms with E-state index in [9.17, 15) is 14.4 Å². The van der Waals surface area contributed by atoms with Crippen LogP contribution < -0.4 is 16.0 Å². The van der Waals surface area contributed by atoms with Gasteiger partial charge >= 0.3 is 0 Å². The predicted octanol–water partition coefficient (Wildman–Crippen LogP) is 6.93. The molecule has 42 heavy (non-hydrogen) atoms. The van der Waals surface area contributed by atoms with E-state index in [4.69, 9.17) is 4.42 Å². The van der Waals surface area contributed by atoms with Crippen molar-refractivity contribution in [3.8, 4) is 11.3 Å². The summed E-state index contributed by atoms with van der Waals surface area (Å²) in [6.45, 7) is 1.81. The number of furan rings is 1. The van der Waals surface area contributed by atoms with Crippen molar-refractivity contribution in [2.45, 2.75) is 17.1 Å². The molecular weight excluding hydrogens is 569 g/mol. The number of aromatic nitrogens is 1. The second-order valence-electron chi connectivity index (χ2n) is 9.01. The van der Waals surface area contributed by atoms with Gasteiger partial charge in [-0.05, 0) is 55.5 Å². The molecule has 3 N–H and O–H groups in total. The molecule has 5 rings (SSSR count). The highest BCUT2D eigenvalue weighted by molar-refractivity contribution is 8.00. The van der Waals surface area contributed by atoms with Crippen molar-refractivity contribution in [1.29, 1.82) is 0 Å². The van der Waals surface area contributed by atoms with Crippen LogP contribution in [0.1, 0.15) is 23.0 Å². The van der Waals surface area contributed by atoms with Gasteiger partial charge in [-0.2, -0.15) is 0 Å². The summed E-state index contributed by atoms with van der Waals surface area (Å²) in [4.78, 5) is 43.7. The fraction of sp³-hybridized carbons (Fsp3) is 0.0625. The maximum Gasteiger partial charge on any atom is 0.272 e. The molecular formula is C32H26N4O4S2. The molecule has 10 heteroatoms. The minimum atomic E-state index is -0.520. The van der Waals surface area contributed by atoms with Gasteiger partial charge in [0, 0.05) is 39.4 Å². The Morgan fingerprint density at radius 2 is 1.60 bits per heavy atom. The largest absolute Gasteiger partial charge is 0.457 e. The third-order valence-corrected chi connectivity index (χ3v) is 7.76. The zero-order chi connectivity index (χ0) is 29.3. The molecule has 3 amide bonds. The molecule has 0 spiro atoms. The molecule has 0 aliphatic rings. The summed E-state index contributed by atoms with van der Waals surface area (Å²) in [6, 6.07) is 28.9. The average molecular weight is 595 g/mol. The summed E-state index contributed by atoms with van der Waals surface area (Å²) in [5.41, 5.74) is 1.84. The monoisotopic (exact) mass is 594 g/mol. The maximum absolute atomic E-state index is 13.4. The van der Waals surface area contributed by atoms with Crippen LogP contribution in [0.4, 0.5) is 10.8 Å². The fourth-order valence-corrected chi connectivity index (χ4v) is 5.24. The van der Waals surface area contributed by atoms with Gasteiger partial charge in [0.15, 0.2) is 5.13 Å². The van der Waals surface area contributed by atoms with E-state index in [0.717, 1.165) is 10.5 Å². The van der Waals surface area contributed by atoms with Gasteiger partial charge in [-0.1, -0.05) is 48.5 Å². The summed E-state index contributed by atoms with van der Waals surface area (Å²) in [5, 5.41) is 10.3. The highest BCUT2D eigenvalue weighted by Crippen LogP contribution is 2.27. The molecule has 3 aromatic carbocycles. The highest BCUT2D eigenvalue weighted by atomic mass is 32.2. The van der Waals surface area contributed by atoms with Gasteiger partial charge in [-0.3, -0.25) is 14.4 Å². The number of carbonyl (C=O) groups is 3. The van der Waals surface area contributed by atoms with Gasteiger partial charge in [-0.25, -0.2) is 4.98 Å². The molecule has 0 saturated heterocycles. The number of hydrogen-bond donors (Lipinski definition) is 3. The Labute approximate surface area is 250 Å². The van der Waals surface area contributed by atoms with Gasteiger partial charge in [0.2, 0.25) is 5.91 Å². The van der Waals surface area contributed by atoms with Crippen LogP contribution in [-0.4, -0.2) is 28.0 Å². The topological polar surface area (TPSA) is 113 Å². The van der Waals surface area contributed by atoms with Crippen molar-refractivity contribution in [2.24, 2.45) is 0 Å². The lowest BCUT2D eigenvalue weighted by atomic mass is 10.2. The van der Waals surface area contributed by atoms with Crippen LogP contribution in [0.5, 0.6) is 0 Å². The van der Waals surface area contributed by atoms with Crippen molar-refractivity contribution in [3.63, 3.8) is 0 Å². The van der Waals surface area contributed by atoms with E-state index in [2.05, 4.69) is 20.9 Å². The van der Waals surface area contributed by atoms with Crippen molar-refractivity contribution >= 4 is 57.7 Å². The Morgan fingerprint density at radius 1 is 0.881 bits per heavy atom. The standard InChI is InChI=1S/C32H26N4O4S2/c1-21(29(37)36-32-33-18-19-41-32)42-26-15-12-24(13-16-26)34-31(39)27(35-30(38)23-10-6-3-7-11-23)20-25-14-17-28(40-25)22-8-4-2-5-9-22/h2-21H,1H3,(H,34,39)(H,35,38)(H,33,36,37)/b27-20+/t21-/m0/s1. The first kappa shape index (κ1) is 28.6. The molecule has 0 unspecified atom stereocenters. The zero-order valence-corrected chi connectivity index (χ0v) is 24.1. The average Bonchev–Trinajstić information content (AvgIpc) is 3.71. The quantitative estimate of drug-likeness (QED) is 0.119. The van der Waals surface area contributed by atoms with Crippen LogP contribution in [0.2, 0.25) is 0 Å². The van der Waals surface area contributed by atoms with E-state index >= 15 is 0 Å². The van der Waals surface area contributed by atoms with E-state index in [1.165, 1.54) is 29.2 Å². The van der Waals surface area contributed by atoms with Gasteiger partial charge < -0.3 is 20.4 Å². The summed E-state index contributed by atoms with van der Waals surface area (Å²) >= 11 is 2.75. The first-order valence-corrected chi connectivity index (χ1v) is 14.7. The van der Waals surface area contributed by atoms with Crippen molar-refractivity contribution in [1.82, 2.24) is 10.3 Å². The number of carbonyl (C=O) groups excluding carboxylic acids is 3. The summed E-state index contributed by atoms with van der Waals surface area (Å²) in [5.74, 6) is -0.0514. The minimum absolute atomic E-state index is 0.0174. The Hall–Kier alpha value is -4.93. The SMILES string of the molecule is C[C@H](Sc1ccc(NC(=O)/C(=C\c2ccc(-c3ccccc3)o2)NC(=O)c2ccccc2)cc1)C(=O)Nc1nccs1. The Bertz CT molecular complexity index is 1680.